The van der Waals surface area contributed by atoms with Crippen molar-refractivity contribution in [3.8, 4) is 5.69 Å². The van der Waals surface area contributed by atoms with E-state index in [1.165, 1.54) is 6.92 Å². The number of hydrogen-bond donors (Lipinski definition) is 0. The summed E-state index contributed by atoms with van der Waals surface area (Å²) < 4.78 is 34.4. The Labute approximate surface area is 143 Å². The van der Waals surface area contributed by atoms with Gasteiger partial charge in [-0.05, 0) is 54.8 Å². The fraction of sp³-hybridized carbons (Fsp3) is 0.158. The van der Waals surface area contributed by atoms with Gasteiger partial charge in [0, 0.05) is 18.1 Å². The van der Waals surface area contributed by atoms with E-state index in [9.17, 15) is 13.6 Å². The zero-order chi connectivity index (χ0) is 18.0. The standard InChI is InChI=1S/C19H16F2N2O2/c1-12-7-15(23-6-5-22-11-23)4-3-14(12)10-25-19(24)16-9-17(20)13(2)8-18(16)21/h3-9,11H,10H2,1-2H3. The number of nitrogens with zero attached hydrogens (tertiary/aromatic N) is 2. The lowest BCUT2D eigenvalue weighted by Crippen LogP contribution is -2.09. The minimum absolute atomic E-state index is 0.0240. The maximum Gasteiger partial charge on any atom is 0.341 e. The number of imidazole rings is 1. The van der Waals surface area contributed by atoms with Crippen molar-refractivity contribution in [2.24, 2.45) is 0 Å². The van der Waals surface area contributed by atoms with Gasteiger partial charge in [0.2, 0.25) is 0 Å². The third-order valence-corrected chi connectivity index (χ3v) is 3.96. The van der Waals surface area contributed by atoms with Gasteiger partial charge in [-0.2, -0.15) is 0 Å². The molecule has 3 aromatic rings. The first kappa shape index (κ1) is 16.8. The summed E-state index contributed by atoms with van der Waals surface area (Å²) >= 11 is 0. The van der Waals surface area contributed by atoms with Gasteiger partial charge in [-0.1, -0.05) is 6.07 Å². The van der Waals surface area contributed by atoms with E-state index in [-0.39, 0.29) is 12.2 Å². The second kappa shape index (κ2) is 6.84. The topological polar surface area (TPSA) is 44.1 Å². The molecule has 0 amide bonds. The molecule has 0 aliphatic heterocycles. The van der Waals surface area contributed by atoms with Crippen LogP contribution in [0, 0.1) is 25.5 Å². The predicted molar refractivity (Wildman–Crippen MR) is 88.5 cm³/mol. The largest absolute Gasteiger partial charge is 0.457 e. The number of rotatable bonds is 4. The Kier molecular flexibility index (Phi) is 4.61. The van der Waals surface area contributed by atoms with Gasteiger partial charge >= 0.3 is 5.97 Å². The highest BCUT2D eigenvalue weighted by molar-refractivity contribution is 5.89. The number of carbonyl (C=O) groups excluding carboxylic acids is 1. The summed E-state index contributed by atoms with van der Waals surface area (Å²) in [5, 5.41) is 0. The van der Waals surface area contributed by atoms with Crippen LogP contribution < -0.4 is 0 Å². The lowest BCUT2D eigenvalue weighted by atomic mass is 10.1. The third-order valence-electron chi connectivity index (χ3n) is 3.96. The summed E-state index contributed by atoms with van der Waals surface area (Å²) in [7, 11) is 0. The molecule has 2 aromatic carbocycles. The molecule has 0 unspecified atom stereocenters. The van der Waals surface area contributed by atoms with E-state index < -0.39 is 23.2 Å². The van der Waals surface area contributed by atoms with Crippen LogP contribution in [0.1, 0.15) is 27.0 Å². The number of benzene rings is 2. The van der Waals surface area contributed by atoms with Crippen molar-refractivity contribution in [1.29, 1.82) is 0 Å². The highest BCUT2D eigenvalue weighted by atomic mass is 19.1. The first-order chi connectivity index (χ1) is 12.0. The van der Waals surface area contributed by atoms with Gasteiger partial charge in [0.25, 0.3) is 0 Å². The fourth-order valence-corrected chi connectivity index (χ4v) is 2.44. The van der Waals surface area contributed by atoms with Crippen LogP contribution in [0.25, 0.3) is 5.69 Å². The molecule has 1 heterocycles. The van der Waals surface area contributed by atoms with E-state index in [1.807, 2.05) is 35.9 Å². The number of carbonyl (C=O) groups is 1. The molecule has 1 aromatic heterocycles. The second-order valence-corrected chi connectivity index (χ2v) is 5.74. The van der Waals surface area contributed by atoms with Crippen LogP contribution in [0.4, 0.5) is 8.78 Å². The summed E-state index contributed by atoms with van der Waals surface area (Å²) in [6.45, 7) is 3.29. The Morgan fingerprint density at radius 1 is 1.12 bits per heavy atom. The Morgan fingerprint density at radius 3 is 2.60 bits per heavy atom. The van der Waals surface area contributed by atoms with Crippen molar-refractivity contribution in [1.82, 2.24) is 9.55 Å². The SMILES string of the molecule is Cc1cc(F)c(C(=O)OCc2ccc(-n3ccnc3)cc2C)cc1F. The normalized spacial score (nSPS) is 10.7. The van der Waals surface area contributed by atoms with Gasteiger partial charge in [-0.25, -0.2) is 18.6 Å². The van der Waals surface area contributed by atoms with Gasteiger partial charge in [-0.15, -0.1) is 0 Å². The fourth-order valence-electron chi connectivity index (χ4n) is 2.44. The van der Waals surface area contributed by atoms with Crippen LogP contribution in [-0.2, 0) is 11.3 Å². The monoisotopic (exact) mass is 342 g/mol. The van der Waals surface area contributed by atoms with Crippen LogP contribution in [0.3, 0.4) is 0 Å². The van der Waals surface area contributed by atoms with Crippen LogP contribution in [0.15, 0.2) is 49.1 Å². The lowest BCUT2D eigenvalue weighted by Gasteiger charge is -2.11. The number of ether oxygens (including phenoxy) is 1. The Hall–Kier alpha value is -3.02. The summed E-state index contributed by atoms with van der Waals surface area (Å²) in [6, 6.07) is 7.46. The molecular formula is C19H16F2N2O2. The molecule has 0 fully saturated rings. The Morgan fingerprint density at radius 2 is 1.92 bits per heavy atom. The molecule has 0 spiro atoms. The molecule has 0 saturated heterocycles. The van der Waals surface area contributed by atoms with Crippen LogP contribution in [0.2, 0.25) is 0 Å². The van der Waals surface area contributed by atoms with E-state index in [0.717, 1.165) is 28.9 Å². The van der Waals surface area contributed by atoms with Crippen molar-refractivity contribution in [3.63, 3.8) is 0 Å². The van der Waals surface area contributed by atoms with E-state index in [2.05, 4.69) is 4.98 Å². The molecule has 6 heteroatoms. The van der Waals surface area contributed by atoms with E-state index in [4.69, 9.17) is 4.74 Å². The number of esters is 1. The average Bonchev–Trinajstić information content (AvgIpc) is 3.11. The van der Waals surface area contributed by atoms with Crippen molar-refractivity contribution in [2.75, 3.05) is 0 Å². The maximum atomic E-state index is 13.8. The van der Waals surface area contributed by atoms with Gasteiger partial charge in [-0.3, -0.25) is 0 Å². The quantitative estimate of drug-likeness (QED) is 0.670. The molecule has 0 radical (unpaired) electrons. The molecule has 0 saturated carbocycles. The molecule has 3 rings (SSSR count). The molecule has 4 nitrogen and oxygen atoms in total. The molecule has 25 heavy (non-hydrogen) atoms. The average molecular weight is 342 g/mol. The smallest absolute Gasteiger partial charge is 0.341 e. The van der Waals surface area contributed by atoms with Gasteiger partial charge in [0.1, 0.15) is 18.2 Å². The Balaban J connectivity index is 1.73. The molecule has 0 aliphatic carbocycles. The molecular weight excluding hydrogens is 326 g/mol. The van der Waals surface area contributed by atoms with Crippen LogP contribution >= 0.6 is 0 Å². The molecule has 0 bridgehead atoms. The van der Waals surface area contributed by atoms with Crippen molar-refractivity contribution in [3.05, 3.63) is 82.9 Å². The van der Waals surface area contributed by atoms with Crippen molar-refractivity contribution in [2.45, 2.75) is 20.5 Å². The minimum atomic E-state index is -0.894. The second-order valence-electron chi connectivity index (χ2n) is 5.74. The molecule has 128 valence electrons. The highest BCUT2D eigenvalue weighted by Crippen LogP contribution is 2.18. The van der Waals surface area contributed by atoms with E-state index in [0.29, 0.717) is 0 Å². The van der Waals surface area contributed by atoms with Crippen molar-refractivity contribution >= 4 is 5.97 Å². The highest BCUT2D eigenvalue weighted by Gasteiger charge is 2.16. The Bertz CT molecular complexity index is 921. The number of hydrogen-bond acceptors (Lipinski definition) is 3. The number of aryl methyl sites for hydroxylation is 2. The zero-order valence-corrected chi connectivity index (χ0v) is 13.8. The maximum absolute atomic E-state index is 13.8. The predicted octanol–water partition coefficient (Wildman–Crippen LogP) is 4.12. The molecule has 0 atom stereocenters. The molecule has 0 aliphatic rings. The summed E-state index contributed by atoms with van der Waals surface area (Å²) in [4.78, 5) is 16.0. The van der Waals surface area contributed by atoms with E-state index >= 15 is 0 Å². The van der Waals surface area contributed by atoms with Gasteiger partial charge < -0.3 is 9.30 Å². The first-order valence-corrected chi connectivity index (χ1v) is 7.66. The summed E-state index contributed by atoms with van der Waals surface area (Å²) in [6.07, 6.45) is 5.19. The van der Waals surface area contributed by atoms with Crippen LogP contribution in [0.5, 0.6) is 0 Å². The van der Waals surface area contributed by atoms with Crippen molar-refractivity contribution < 1.29 is 18.3 Å². The number of aromatic nitrogens is 2. The van der Waals surface area contributed by atoms with E-state index in [1.54, 1.807) is 12.5 Å². The number of halogens is 2. The molecule has 0 N–H and O–H groups in total. The van der Waals surface area contributed by atoms with Gasteiger partial charge in [0.15, 0.2) is 0 Å². The summed E-state index contributed by atoms with van der Waals surface area (Å²) in [5.74, 6) is -2.33. The first-order valence-electron chi connectivity index (χ1n) is 7.66. The zero-order valence-electron chi connectivity index (χ0n) is 13.8. The lowest BCUT2D eigenvalue weighted by molar-refractivity contribution is 0.0466. The van der Waals surface area contributed by atoms with Gasteiger partial charge in [0.05, 0.1) is 11.9 Å². The minimum Gasteiger partial charge on any atom is -0.457 e. The van der Waals surface area contributed by atoms with Crippen LogP contribution in [-0.4, -0.2) is 15.5 Å². The summed E-state index contributed by atoms with van der Waals surface area (Å²) in [5.41, 5.74) is 2.35. The third kappa shape index (κ3) is 3.57.